The Morgan fingerprint density at radius 3 is 2.06 bits per heavy atom. The summed E-state index contributed by atoms with van der Waals surface area (Å²) in [4.78, 5) is 13.7. The van der Waals surface area contributed by atoms with Gasteiger partial charge in [0.1, 0.15) is 0 Å². The van der Waals surface area contributed by atoms with Crippen LogP contribution in [-0.2, 0) is 39.0 Å². The van der Waals surface area contributed by atoms with Gasteiger partial charge in [-0.15, -0.1) is 0 Å². The molecule has 256 valence electrons. The van der Waals surface area contributed by atoms with E-state index in [2.05, 4.69) is 10.6 Å². The van der Waals surface area contributed by atoms with Crippen LogP contribution in [-0.4, -0.2) is 58.5 Å². The lowest BCUT2D eigenvalue weighted by molar-refractivity contribution is -0.137. The summed E-state index contributed by atoms with van der Waals surface area (Å²) in [5, 5.41) is 17.0. The number of nitrogens with one attached hydrogen (secondary N) is 2. The van der Waals surface area contributed by atoms with Crippen LogP contribution >= 0.6 is 0 Å². The van der Waals surface area contributed by atoms with Gasteiger partial charge in [-0.2, -0.15) is 13.2 Å². The molecule has 4 rings (SSSR count). The summed E-state index contributed by atoms with van der Waals surface area (Å²) in [6.45, 7) is 1.26. The van der Waals surface area contributed by atoms with Gasteiger partial charge in [0.15, 0.2) is 9.84 Å². The predicted octanol–water partition coefficient (Wildman–Crippen LogP) is 5.09. The Morgan fingerprint density at radius 2 is 1.46 bits per heavy atom. The zero-order chi connectivity index (χ0) is 35.1. The monoisotopic (exact) mass is 703 g/mol. The van der Waals surface area contributed by atoms with E-state index >= 15 is 0 Å². The van der Waals surface area contributed by atoms with E-state index in [-0.39, 0.29) is 47.1 Å². The number of aliphatic hydroxyl groups excluding tert-OH is 1. The number of rotatable bonds is 14. The Morgan fingerprint density at radius 1 is 0.854 bits per heavy atom. The molecule has 0 fully saturated rings. The predicted molar refractivity (Wildman–Crippen MR) is 178 cm³/mol. The molecule has 2 atom stereocenters. The van der Waals surface area contributed by atoms with E-state index in [1.807, 2.05) is 0 Å². The summed E-state index contributed by atoms with van der Waals surface area (Å²) in [6.07, 6.45) is -4.77. The van der Waals surface area contributed by atoms with Gasteiger partial charge in [-0.1, -0.05) is 79.7 Å². The highest BCUT2D eigenvalue weighted by Crippen LogP contribution is 2.37. The van der Waals surface area contributed by atoms with Gasteiger partial charge in [-0.3, -0.25) is 4.79 Å². The molecule has 0 aromatic heterocycles. The number of alkyl halides is 3. The smallest absolute Gasteiger partial charge is 0.390 e. The van der Waals surface area contributed by atoms with Crippen molar-refractivity contribution in [1.29, 1.82) is 0 Å². The van der Waals surface area contributed by atoms with Gasteiger partial charge >= 0.3 is 6.18 Å². The van der Waals surface area contributed by atoms with Crippen LogP contribution in [0.2, 0.25) is 0 Å². The van der Waals surface area contributed by atoms with Crippen LogP contribution in [0.15, 0.2) is 108 Å². The van der Waals surface area contributed by atoms with E-state index in [0.717, 1.165) is 28.3 Å². The average Bonchev–Trinajstić information content (AvgIpc) is 3.04. The number of sulfone groups is 1. The highest BCUT2D eigenvalue weighted by molar-refractivity contribution is 7.93. The quantitative estimate of drug-likeness (QED) is 0.167. The third-order valence-electron chi connectivity index (χ3n) is 7.50. The second-order valence-corrected chi connectivity index (χ2v) is 15.2. The Labute approximate surface area is 278 Å². The Kier molecular flexibility index (Phi) is 11.7. The number of carbonyl (C=O) groups excluding carboxylic acids is 1. The van der Waals surface area contributed by atoms with E-state index in [1.54, 1.807) is 48.5 Å². The summed E-state index contributed by atoms with van der Waals surface area (Å²) in [5.74, 6) is -1.22. The Hall–Kier alpha value is -4.24. The average molecular weight is 704 g/mol. The van der Waals surface area contributed by atoms with Crippen molar-refractivity contribution in [3.8, 4) is 0 Å². The van der Waals surface area contributed by atoms with E-state index in [9.17, 15) is 39.9 Å². The highest BCUT2D eigenvalue weighted by atomic mass is 32.2. The molecule has 4 aromatic rings. The molecule has 0 saturated carbocycles. The van der Waals surface area contributed by atoms with Gasteiger partial charge in [-0.25, -0.2) is 21.1 Å². The lowest BCUT2D eigenvalue weighted by atomic mass is 10.00. The molecule has 0 bridgehead atoms. The molecule has 0 unspecified atom stereocenters. The Balaban J connectivity index is 1.70. The molecule has 0 saturated heterocycles. The van der Waals surface area contributed by atoms with Crippen molar-refractivity contribution in [2.45, 2.75) is 43.1 Å². The first-order valence-corrected chi connectivity index (χ1v) is 18.4. The summed E-state index contributed by atoms with van der Waals surface area (Å²) in [5.41, 5.74) is -0.252. The zero-order valence-electron chi connectivity index (χ0n) is 26.2. The summed E-state index contributed by atoms with van der Waals surface area (Å²) in [7, 11) is -8.26. The summed E-state index contributed by atoms with van der Waals surface area (Å²) >= 11 is 0. The van der Waals surface area contributed by atoms with Crippen molar-refractivity contribution in [1.82, 2.24) is 10.6 Å². The molecule has 48 heavy (non-hydrogen) atoms. The first kappa shape index (κ1) is 36.6. The maximum absolute atomic E-state index is 14.1. The molecule has 4 aromatic carbocycles. The number of benzene rings is 4. The van der Waals surface area contributed by atoms with Crippen LogP contribution in [0.25, 0.3) is 0 Å². The molecular weight excluding hydrogens is 668 g/mol. The maximum Gasteiger partial charge on any atom is 0.416 e. The number of carbonyl (C=O) groups is 1. The second kappa shape index (κ2) is 15.3. The summed E-state index contributed by atoms with van der Waals surface area (Å²) in [6, 6.07) is 24.3. The van der Waals surface area contributed by atoms with Gasteiger partial charge in [0.05, 0.1) is 51.6 Å². The molecule has 9 nitrogen and oxygen atoms in total. The second-order valence-electron chi connectivity index (χ2n) is 11.1. The number of hydrogen-bond donors (Lipinski definition) is 3. The highest BCUT2D eigenvalue weighted by Gasteiger charge is 2.33. The molecule has 3 N–H and O–H groups in total. The van der Waals surface area contributed by atoms with Crippen molar-refractivity contribution in [3.63, 3.8) is 0 Å². The molecule has 0 heterocycles. The minimum Gasteiger partial charge on any atom is -0.390 e. The lowest BCUT2D eigenvalue weighted by Crippen LogP contribution is -2.49. The standard InChI is InChI=1S/C34H36F3N3O6S2/c1-3-48(45,46)31-19-11-18-28(32(31)40(47(2,43)44)27-16-8-5-9-17-27)33(42)39-29(21-24-12-6-4-7-13-24)30(41)23-38-22-25-14-10-15-26(20-25)34(35,36)37/h4-20,29-30,38,41H,3,21-23H2,1-2H3,(H,39,42)/t29-,30+/m0/s1. The molecular formula is C34H36F3N3O6S2. The van der Waals surface area contributed by atoms with Gasteiger partial charge in [0, 0.05) is 13.1 Å². The molecule has 0 aliphatic heterocycles. The lowest BCUT2D eigenvalue weighted by Gasteiger charge is -2.29. The van der Waals surface area contributed by atoms with E-state index in [0.29, 0.717) is 5.56 Å². The van der Waals surface area contributed by atoms with Crippen LogP contribution in [0.5, 0.6) is 0 Å². The van der Waals surface area contributed by atoms with Crippen molar-refractivity contribution < 1.29 is 39.9 Å². The molecule has 0 spiro atoms. The first-order valence-electron chi connectivity index (χ1n) is 14.9. The fourth-order valence-corrected chi connectivity index (χ4v) is 7.32. The maximum atomic E-state index is 14.1. The minimum atomic E-state index is -4.51. The van der Waals surface area contributed by atoms with Gasteiger partial charge in [0.25, 0.3) is 5.91 Å². The van der Waals surface area contributed by atoms with Crippen LogP contribution in [0.1, 0.15) is 34.0 Å². The fraction of sp³-hybridized carbons (Fsp3) is 0.265. The molecule has 0 aliphatic rings. The van der Waals surface area contributed by atoms with Gasteiger partial charge < -0.3 is 15.7 Å². The number of aliphatic hydroxyl groups is 1. The third kappa shape index (κ3) is 9.22. The minimum absolute atomic E-state index is 0.00551. The molecule has 0 aliphatic carbocycles. The number of anilines is 2. The summed E-state index contributed by atoms with van der Waals surface area (Å²) < 4.78 is 93.4. The zero-order valence-corrected chi connectivity index (χ0v) is 27.8. The number of sulfonamides is 1. The number of halogens is 3. The SMILES string of the molecule is CCS(=O)(=O)c1cccc(C(=O)N[C@@H](Cc2ccccc2)[C@H](O)CNCc2cccc(C(F)(F)F)c2)c1N(c1ccccc1)S(C)(=O)=O. The van der Waals surface area contributed by atoms with Crippen LogP contribution in [0.3, 0.4) is 0 Å². The van der Waals surface area contributed by atoms with Crippen molar-refractivity contribution in [2.75, 3.05) is 22.9 Å². The topological polar surface area (TPSA) is 133 Å². The molecule has 0 radical (unpaired) electrons. The van der Waals surface area contributed by atoms with Crippen LogP contribution in [0, 0.1) is 0 Å². The molecule has 1 amide bonds. The first-order chi connectivity index (χ1) is 22.6. The normalized spacial score (nSPS) is 13.5. The van der Waals surface area contributed by atoms with Crippen molar-refractivity contribution in [2.24, 2.45) is 0 Å². The number of amides is 1. The van der Waals surface area contributed by atoms with Crippen molar-refractivity contribution >= 4 is 37.1 Å². The third-order valence-corrected chi connectivity index (χ3v) is 10.3. The van der Waals surface area contributed by atoms with E-state index in [4.69, 9.17) is 0 Å². The van der Waals surface area contributed by atoms with Crippen LogP contribution in [0.4, 0.5) is 24.5 Å². The number of hydrogen-bond acceptors (Lipinski definition) is 7. The van der Waals surface area contributed by atoms with E-state index in [1.165, 1.54) is 49.4 Å². The fourth-order valence-electron chi connectivity index (χ4n) is 5.13. The van der Waals surface area contributed by atoms with E-state index < -0.39 is 49.7 Å². The van der Waals surface area contributed by atoms with Crippen molar-refractivity contribution in [3.05, 3.63) is 125 Å². The Bertz CT molecular complexity index is 1920. The molecule has 14 heteroatoms. The van der Waals surface area contributed by atoms with Gasteiger partial charge in [0.2, 0.25) is 10.0 Å². The van der Waals surface area contributed by atoms with Crippen LogP contribution < -0.4 is 14.9 Å². The largest absolute Gasteiger partial charge is 0.416 e. The number of para-hydroxylation sites is 2. The number of nitrogens with zero attached hydrogens (tertiary/aromatic N) is 1. The van der Waals surface area contributed by atoms with Gasteiger partial charge in [-0.05, 0) is 47.9 Å².